The zero-order valence-electron chi connectivity index (χ0n) is 16.0. The van der Waals surface area contributed by atoms with Crippen LogP contribution in [0.25, 0.3) is 21.3 Å². The normalized spacial score (nSPS) is 11.6. The quantitative estimate of drug-likeness (QED) is 0.392. The number of aromatic nitrogens is 5. The van der Waals surface area contributed by atoms with Crippen LogP contribution in [0.4, 0.5) is 0 Å². The van der Waals surface area contributed by atoms with Crippen molar-refractivity contribution in [2.24, 2.45) is 18.5 Å². The maximum atomic E-state index is 13.0. The number of nitrogens with zero attached hydrogens (tertiary/aromatic N) is 5. The molecule has 0 atom stereocenters. The summed E-state index contributed by atoms with van der Waals surface area (Å²) >= 11 is 1.43. The number of nitrogens with one attached hydrogen (secondary N) is 1. The van der Waals surface area contributed by atoms with Gasteiger partial charge in [0, 0.05) is 30.8 Å². The number of allylic oxidation sites excluding steroid dienone is 1. The average molecular weight is 422 g/mol. The summed E-state index contributed by atoms with van der Waals surface area (Å²) in [6, 6.07) is 3.20. The third-order valence-electron chi connectivity index (χ3n) is 4.63. The fraction of sp³-hybridized carbons (Fsp3) is 0.158. The van der Waals surface area contributed by atoms with Crippen molar-refractivity contribution in [2.75, 3.05) is 0 Å². The highest BCUT2D eigenvalue weighted by Crippen LogP contribution is 2.31. The predicted molar refractivity (Wildman–Crippen MR) is 115 cm³/mol. The summed E-state index contributed by atoms with van der Waals surface area (Å²) in [6.45, 7) is 0.161. The van der Waals surface area contributed by atoms with Gasteiger partial charge in [-0.25, -0.2) is 9.67 Å². The number of carbonyl (C=O) groups excluding carboxylic acids is 1. The van der Waals surface area contributed by atoms with Gasteiger partial charge in [0.25, 0.3) is 5.56 Å². The number of primary amides is 1. The molecule has 0 saturated heterocycles. The van der Waals surface area contributed by atoms with Crippen LogP contribution in [0.2, 0.25) is 0 Å². The molecule has 4 aromatic heterocycles. The number of thiazole rings is 1. The Morgan fingerprint density at radius 1 is 1.33 bits per heavy atom. The van der Waals surface area contributed by atoms with E-state index in [2.05, 4.69) is 15.1 Å². The Hall–Kier alpha value is -3.86. The van der Waals surface area contributed by atoms with Gasteiger partial charge in [0.15, 0.2) is 5.65 Å². The summed E-state index contributed by atoms with van der Waals surface area (Å²) in [4.78, 5) is 33.0. The Labute approximate surface area is 174 Å². The minimum Gasteiger partial charge on any atom is -0.405 e. The number of fused-ring (bicyclic) bond motifs is 3. The van der Waals surface area contributed by atoms with Crippen molar-refractivity contribution >= 4 is 44.2 Å². The van der Waals surface area contributed by atoms with Crippen molar-refractivity contribution in [3.8, 4) is 0 Å². The van der Waals surface area contributed by atoms with Gasteiger partial charge in [-0.2, -0.15) is 5.10 Å². The molecule has 30 heavy (non-hydrogen) atoms. The van der Waals surface area contributed by atoms with Crippen LogP contribution in [0, 0.1) is 5.41 Å². The van der Waals surface area contributed by atoms with E-state index in [0.29, 0.717) is 34.6 Å². The molecular formula is C19H18N8O2S. The van der Waals surface area contributed by atoms with Gasteiger partial charge in [-0.3, -0.25) is 14.6 Å². The third-order valence-corrected chi connectivity index (χ3v) is 5.71. The Kier molecular flexibility index (Phi) is 4.88. The lowest BCUT2D eigenvalue weighted by Gasteiger charge is -2.05. The summed E-state index contributed by atoms with van der Waals surface area (Å²) in [7, 11) is 1.78. The van der Waals surface area contributed by atoms with Crippen molar-refractivity contribution in [1.29, 1.82) is 5.41 Å². The molecule has 4 aromatic rings. The molecule has 0 unspecified atom stereocenters. The second kappa shape index (κ2) is 7.52. The van der Waals surface area contributed by atoms with Crippen molar-refractivity contribution < 1.29 is 4.79 Å². The molecule has 0 fully saturated rings. The number of hydrogen-bond acceptors (Lipinski definition) is 8. The van der Waals surface area contributed by atoms with E-state index < -0.39 is 5.91 Å². The topological polar surface area (TPSA) is 159 Å². The van der Waals surface area contributed by atoms with Crippen LogP contribution < -0.4 is 17.0 Å². The first kappa shape index (κ1) is 19.5. The van der Waals surface area contributed by atoms with Crippen LogP contribution in [0.15, 0.2) is 41.6 Å². The molecule has 0 aliphatic carbocycles. The summed E-state index contributed by atoms with van der Waals surface area (Å²) in [5.74, 6) is -0.560. The van der Waals surface area contributed by atoms with E-state index in [4.69, 9.17) is 16.9 Å². The SMILES string of the molecule is Cn1c2nc(CC(=N)/C=C\N)sc2c2cnn(Cc3ccc(C(N)=O)cn3)c(=O)c21. The maximum Gasteiger partial charge on any atom is 0.291 e. The van der Waals surface area contributed by atoms with Gasteiger partial charge in [0.2, 0.25) is 5.91 Å². The van der Waals surface area contributed by atoms with E-state index in [0.717, 1.165) is 15.1 Å². The molecule has 0 bridgehead atoms. The van der Waals surface area contributed by atoms with E-state index in [1.54, 1.807) is 29.9 Å². The van der Waals surface area contributed by atoms with Crippen LogP contribution >= 0.6 is 11.3 Å². The highest BCUT2D eigenvalue weighted by atomic mass is 32.1. The first-order chi connectivity index (χ1) is 14.4. The largest absolute Gasteiger partial charge is 0.405 e. The molecule has 10 nitrogen and oxygen atoms in total. The number of amides is 1. The van der Waals surface area contributed by atoms with Crippen molar-refractivity contribution in [1.82, 2.24) is 24.3 Å². The Balaban J connectivity index is 1.72. The molecule has 1 amide bonds. The molecule has 0 radical (unpaired) electrons. The smallest absolute Gasteiger partial charge is 0.291 e. The average Bonchev–Trinajstić information content (AvgIpc) is 3.23. The molecule has 0 spiro atoms. The lowest BCUT2D eigenvalue weighted by atomic mass is 10.2. The van der Waals surface area contributed by atoms with Gasteiger partial charge in [-0.15, -0.1) is 11.3 Å². The zero-order valence-corrected chi connectivity index (χ0v) is 16.8. The van der Waals surface area contributed by atoms with Crippen LogP contribution in [-0.2, 0) is 20.0 Å². The van der Waals surface area contributed by atoms with Crippen molar-refractivity contribution in [3.05, 3.63) is 63.4 Å². The lowest BCUT2D eigenvalue weighted by Crippen LogP contribution is -2.25. The first-order valence-electron chi connectivity index (χ1n) is 8.93. The number of hydrogen-bond donors (Lipinski definition) is 3. The van der Waals surface area contributed by atoms with E-state index in [1.165, 1.54) is 34.5 Å². The van der Waals surface area contributed by atoms with Gasteiger partial charge < -0.3 is 21.4 Å². The summed E-state index contributed by atoms with van der Waals surface area (Å²) in [5, 5.41) is 13.6. The second-order valence-electron chi connectivity index (χ2n) is 6.65. The summed E-state index contributed by atoms with van der Waals surface area (Å²) in [6.07, 6.45) is 6.24. The van der Waals surface area contributed by atoms with Gasteiger partial charge >= 0.3 is 0 Å². The molecule has 152 valence electrons. The minimum absolute atomic E-state index is 0.161. The molecule has 4 rings (SSSR count). The second-order valence-corrected chi connectivity index (χ2v) is 7.74. The third kappa shape index (κ3) is 3.35. The molecule has 0 saturated carbocycles. The van der Waals surface area contributed by atoms with Crippen molar-refractivity contribution in [2.45, 2.75) is 13.0 Å². The summed E-state index contributed by atoms with van der Waals surface area (Å²) in [5.41, 5.74) is 12.7. The van der Waals surface area contributed by atoms with E-state index in [9.17, 15) is 9.59 Å². The Morgan fingerprint density at radius 3 is 2.80 bits per heavy atom. The van der Waals surface area contributed by atoms with Crippen molar-refractivity contribution in [3.63, 3.8) is 0 Å². The molecule has 0 aliphatic rings. The Bertz CT molecular complexity index is 1380. The van der Waals surface area contributed by atoms with Gasteiger partial charge in [-0.1, -0.05) is 0 Å². The van der Waals surface area contributed by atoms with Gasteiger partial charge in [0.05, 0.1) is 28.7 Å². The fourth-order valence-electron chi connectivity index (χ4n) is 3.18. The minimum atomic E-state index is -0.560. The molecule has 5 N–H and O–H groups in total. The fourth-order valence-corrected chi connectivity index (χ4v) is 4.30. The van der Waals surface area contributed by atoms with E-state index >= 15 is 0 Å². The first-order valence-corrected chi connectivity index (χ1v) is 9.75. The number of pyridine rings is 1. The highest BCUT2D eigenvalue weighted by molar-refractivity contribution is 7.19. The van der Waals surface area contributed by atoms with Gasteiger partial charge in [0.1, 0.15) is 10.5 Å². The van der Waals surface area contributed by atoms with Crippen LogP contribution in [-0.4, -0.2) is 35.9 Å². The number of carbonyl (C=O) groups is 1. The van der Waals surface area contributed by atoms with Crippen LogP contribution in [0.1, 0.15) is 21.1 Å². The number of aryl methyl sites for hydroxylation is 1. The van der Waals surface area contributed by atoms with Crippen LogP contribution in [0.3, 0.4) is 0 Å². The molecule has 0 aromatic carbocycles. The molecule has 11 heteroatoms. The standard InChI is InChI=1S/C19H18N8O2S/c1-26-15-13(16-18(26)25-14(30-16)6-11(21)4-5-20)8-24-27(19(15)29)9-12-3-2-10(7-23-12)17(22)28/h2-5,7-8,21H,6,9,20H2,1H3,(H2,22,28)/b5-4-,21-11?. The van der Waals surface area contributed by atoms with E-state index in [-0.39, 0.29) is 12.1 Å². The maximum absolute atomic E-state index is 13.0. The Morgan fingerprint density at radius 2 is 2.13 bits per heavy atom. The monoisotopic (exact) mass is 422 g/mol. The predicted octanol–water partition coefficient (Wildman–Crippen LogP) is 0.922. The lowest BCUT2D eigenvalue weighted by molar-refractivity contribution is 0.1000. The number of nitrogens with two attached hydrogens (primary N) is 2. The molecule has 0 aliphatic heterocycles. The van der Waals surface area contributed by atoms with Gasteiger partial charge in [-0.05, 0) is 24.4 Å². The summed E-state index contributed by atoms with van der Waals surface area (Å²) < 4.78 is 3.92. The zero-order chi connectivity index (χ0) is 21.4. The van der Waals surface area contributed by atoms with Crippen LogP contribution in [0.5, 0.6) is 0 Å². The number of rotatable bonds is 6. The van der Waals surface area contributed by atoms with E-state index in [1.807, 2.05) is 0 Å². The molecular weight excluding hydrogens is 404 g/mol. The highest BCUT2D eigenvalue weighted by Gasteiger charge is 2.18. The molecule has 4 heterocycles.